The quantitative estimate of drug-likeness (QED) is 0.248. The van der Waals surface area contributed by atoms with Gasteiger partial charge in [0.2, 0.25) is 0 Å². The van der Waals surface area contributed by atoms with Gasteiger partial charge in [-0.1, -0.05) is 0 Å². The van der Waals surface area contributed by atoms with E-state index in [1.165, 1.54) is 25.3 Å². The number of ether oxygens (including phenoxy) is 3. The Hall–Kier alpha value is -3.06. The van der Waals surface area contributed by atoms with E-state index < -0.39 is 29.5 Å². The van der Waals surface area contributed by atoms with Crippen LogP contribution in [0.4, 0.5) is 10.5 Å². The minimum atomic E-state index is -0.643. The third-order valence-electron chi connectivity index (χ3n) is 4.11. The molecule has 0 spiro atoms. The molecule has 0 aliphatic rings. The monoisotopic (exact) mass is 616 g/mol. The molecule has 3 amide bonds. The normalized spacial score (nSPS) is 10.8. The van der Waals surface area contributed by atoms with Crippen LogP contribution in [0.5, 0.6) is 5.75 Å². The average molecular weight is 618 g/mol. The molecule has 2 aromatic rings. The maximum absolute atomic E-state index is 12.7. The number of carbonyl (C=O) groups is 4. The summed E-state index contributed by atoms with van der Waals surface area (Å²) in [6.45, 7) is 5.06. The van der Waals surface area contributed by atoms with Crippen molar-refractivity contribution >= 4 is 61.4 Å². The molecule has 0 bridgehead atoms. The van der Waals surface area contributed by atoms with E-state index in [4.69, 9.17) is 9.47 Å². The van der Waals surface area contributed by atoms with Crippen LogP contribution in [0.1, 0.15) is 41.6 Å². The summed E-state index contributed by atoms with van der Waals surface area (Å²) in [4.78, 5) is 51.1. The van der Waals surface area contributed by atoms with Crippen LogP contribution in [-0.4, -0.2) is 61.3 Å². The van der Waals surface area contributed by atoms with Gasteiger partial charge in [-0.25, -0.2) is 4.79 Å². The van der Waals surface area contributed by atoms with Gasteiger partial charge in [0.1, 0.15) is 30.2 Å². The standard InChI is InChI=1S/C22H26Br2N4O7/c1-22(2,3)35-21(32)25-7-8-34-16-9-12(19(30)26-11-17(29)33-4)5-6-14(16)28-20(31)15-10-13(23)18(24)27-15/h5-6,9-10,27H,7-8,11H2,1-4H3,(H,25,32)(H,26,30)(H,28,31). The van der Waals surface area contributed by atoms with Crippen molar-refractivity contribution in [2.45, 2.75) is 26.4 Å². The molecule has 11 nitrogen and oxygen atoms in total. The highest BCUT2D eigenvalue weighted by molar-refractivity contribution is 9.13. The fourth-order valence-electron chi connectivity index (χ4n) is 2.56. The van der Waals surface area contributed by atoms with E-state index in [1.807, 2.05) is 0 Å². The number of benzene rings is 1. The van der Waals surface area contributed by atoms with Gasteiger partial charge in [0.25, 0.3) is 11.8 Å². The van der Waals surface area contributed by atoms with Crippen LogP contribution < -0.4 is 20.7 Å². The number of hydrogen-bond donors (Lipinski definition) is 4. The summed E-state index contributed by atoms with van der Waals surface area (Å²) >= 11 is 6.59. The summed E-state index contributed by atoms with van der Waals surface area (Å²) in [5.41, 5.74) is 0.114. The highest BCUT2D eigenvalue weighted by Crippen LogP contribution is 2.28. The van der Waals surface area contributed by atoms with Gasteiger partial charge in [-0.2, -0.15) is 0 Å². The third kappa shape index (κ3) is 9.25. The van der Waals surface area contributed by atoms with E-state index in [0.29, 0.717) is 14.8 Å². The number of rotatable bonds is 9. The lowest BCUT2D eigenvalue weighted by atomic mass is 10.1. The maximum Gasteiger partial charge on any atom is 0.407 e. The fraction of sp³-hybridized carbons (Fsp3) is 0.364. The lowest BCUT2D eigenvalue weighted by Gasteiger charge is -2.20. The van der Waals surface area contributed by atoms with Crippen molar-refractivity contribution in [2.75, 3.05) is 32.1 Å². The molecule has 0 saturated carbocycles. The molecule has 1 aromatic carbocycles. The first-order valence-corrected chi connectivity index (χ1v) is 11.9. The molecule has 0 radical (unpaired) electrons. The van der Waals surface area contributed by atoms with Gasteiger partial charge in [0.15, 0.2) is 0 Å². The Labute approximate surface area is 218 Å². The second-order valence-corrected chi connectivity index (χ2v) is 9.69. The molecule has 0 saturated heterocycles. The van der Waals surface area contributed by atoms with E-state index in [2.05, 4.69) is 57.5 Å². The molecule has 0 aliphatic heterocycles. The molecule has 1 heterocycles. The van der Waals surface area contributed by atoms with Crippen molar-refractivity contribution in [3.63, 3.8) is 0 Å². The first-order chi connectivity index (χ1) is 16.4. The van der Waals surface area contributed by atoms with E-state index >= 15 is 0 Å². The number of hydrogen-bond acceptors (Lipinski definition) is 7. The number of methoxy groups -OCH3 is 1. The molecule has 190 valence electrons. The lowest BCUT2D eigenvalue weighted by molar-refractivity contribution is -0.139. The first-order valence-electron chi connectivity index (χ1n) is 10.3. The van der Waals surface area contributed by atoms with Gasteiger partial charge in [-0.3, -0.25) is 14.4 Å². The number of H-pyrrole nitrogens is 1. The molecular formula is C22H26Br2N4O7. The van der Waals surface area contributed by atoms with Gasteiger partial charge < -0.3 is 35.1 Å². The Morgan fingerprint density at radius 1 is 1.03 bits per heavy atom. The number of amides is 3. The summed E-state index contributed by atoms with van der Waals surface area (Å²) in [6, 6.07) is 5.97. The van der Waals surface area contributed by atoms with Crippen molar-refractivity contribution in [2.24, 2.45) is 0 Å². The van der Waals surface area contributed by atoms with E-state index in [9.17, 15) is 19.2 Å². The number of aromatic amines is 1. The van der Waals surface area contributed by atoms with Gasteiger partial charge >= 0.3 is 12.1 Å². The molecule has 4 N–H and O–H groups in total. The second-order valence-electron chi connectivity index (χ2n) is 8.05. The smallest absolute Gasteiger partial charge is 0.407 e. The Kier molecular flexibility index (Phi) is 10.1. The second kappa shape index (κ2) is 12.6. The lowest BCUT2D eigenvalue weighted by Crippen LogP contribution is -2.34. The zero-order valence-electron chi connectivity index (χ0n) is 19.5. The van der Waals surface area contributed by atoms with Crippen LogP contribution in [0.2, 0.25) is 0 Å². The van der Waals surface area contributed by atoms with E-state index in [0.717, 1.165) is 0 Å². The molecule has 0 aliphatic carbocycles. The van der Waals surface area contributed by atoms with E-state index in [1.54, 1.807) is 26.8 Å². The van der Waals surface area contributed by atoms with Gasteiger partial charge in [-0.05, 0) is 76.9 Å². The number of anilines is 1. The SMILES string of the molecule is COC(=O)CNC(=O)c1ccc(NC(=O)c2cc(Br)c(Br)[nH]2)c(OCCNC(=O)OC(C)(C)C)c1. The number of alkyl carbamates (subject to hydrolysis) is 1. The summed E-state index contributed by atoms with van der Waals surface area (Å²) in [7, 11) is 1.21. The van der Waals surface area contributed by atoms with Crippen LogP contribution in [0, 0.1) is 0 Å². The summed E-state index contributed by atoms with van der Waals surface area (Å²) in [6.07, 6.45) is -0.603. The molecule has 0 unspecified atom stereocenters. The number of esters is 1. The molecule has 35 heavy (non-hydrogen) atoms. The van der Waals surface area contributed by atoms with Crippen molar-refractivity contribution < 1.29 is 33.4 Å². The Balaban J connectivity index is 2.14. The minimum absolute atomic E-state index is 0.0228. The number of aromatic nitrogens is 1. The number of halogens is 2. The summed E-state index contributed by atoms with van der Waals surface area (Å²) < 4.78 is 16.7. The van der Waals surface area contributed by atoms with Crippen molar-refractivity contribution in [1.29, 1.82) is 0 Å². The van der Waals surface area contributed by atoms with E-state index in [-0.39, 0.29) is 36.7 Å². The van der Waals surface area contributed by atoms with Crippen LogP contribution in [0.25, 0.3) is 0 Å². The zero-order valence-corrected chi connectivity index (χ0v) is 22.7. The Bertz CT molecular complexity index is 1080. The van der Waals surface area contributed by atoms with Crippen LogP contribution >= 0.6 is 31.9 Å². The number of nitrogens with one attached hydrogen (secondary N) is 4. The van der Waals surface area contributed by atoms with Gasteiger partial charge in [-0.15, -0.1) is 0 Å². The van der Waals surface area contributed by atoms with Crippen molar-refractivity contribution in [3.8, 4) is 5.75 Å². The van der Waals surface area contributed by atoms with Crippen molar-refractivity contribution in [1.82, 2.24) is 15.6 Å². The molecular weight excluding hydrogens is 592 g/mol. The number of carbonyl (C=O) groups excluding carboxylic acids is 4. The largest absolute Gasteiger partial charge is 0.490 e. The molecule has 0 fully saturated rings. The highest BCUT2D eigenvalue weighted by atomic mass is 79.9. The summed E-state index contributed by atoms with van der Waals surface area (Å²) in [5, 5.41) is 7.71. The highest BCUT2D eigenvalue weighted by Gasteiger charge is 2.18. The van der Waals surface area contributed by atoms with Crippen LogP contribution in [0.15, 0.2) is 33.3 Å². The molecule has 2 rings (SSSR count). The predicted molar refractivity (Wildman–Crippen MR) is 135 cm³/mol. The summed E-state index contributed by atoms with van der Waals surface area (Å²) in [5.74, 6) is -1.41. The minimum Gasteiger partial charge on any atom is -0.490 e. The molecule has 13 heteroatoms. The fourth-order valence-corrected chi connectivity index (χ4v) is 3.21. The molecule has 1 aromatic heterocycles. The first kappa shape index (κ1) is 28.2. The third-order valence-corrected chi connectivity index (χ3v) is 5.89. The Morgan fingerprint density at radius 2 is 1.74 bits per heavy atom. The molecule has 0 atom stereocenters. The average Bonchev–Trinajstić information content (AvgIpc) is 3.12. The van der Waals surface area contributed by atoms with Gasteiger partial charge in [0, 0.05) is 5.56 Å². The van der Waals surface area contributed by atoms with Gasteiger partial charge in [0.05, 0.1) is 28.4 Å². The van der Waals surface area contributed by atoms with Crippen LogP contribution in [0.3, 0.4) is 0 Å². The van der Waals surface area contributed by atoms with Crippen molar-refractivity contribution in [3.05, 3.63) is 44.6 Å². The topological polar surface area (TPSA) is 148 Å². The zero-order chi connectivity index (χ0) is 26.2. The predicted octanol–water partition coefficient (Wildman–Crippen LogP) is 3.60. The van der Waals surface area contributed by atoms with Crippen LogP contribution in [-0.2, 0) is 14.3 Å². The Morgan fingerprint density at radius 3 is 2.34 bits per heavy atom. The maximum atomic E-state index is 12.7.